The Morgan fingerprint density at radius 3 is 2.70 bits per heavy atom. The van der Waals surface area contributed by atoms with E-state index in [0.717, 1.165) is 12.8 Å². The van der Waals surface area contributed by atoms with Gasteiger partial charge in [-0.25, -0.2) is 4.79 Å². The number of urea groups is 1. The van der Waals surface area contributed by atoms with Crippen LogP contribution in [0.4, 0.5) is 4.79 Å². The highest BCUT2D eigenvalue weighted by atomic mass is 16.5. The van der Waals surface area contributed by atoms with Crippen LogP contribution >= 0.6 is 0 Å². The lowest BCUT2D eigenvalue weighted by atomic mass is 9.74. The monoisotopic (exact) mass is 326 g/mol. The molecule has 2 amide bonds. The molecule has 23 heavy (non-hydrogen) atoms. The number of nitrogens with zero attached hydrogens (tertiary/aromatic N) is 1. The second kappa shape index (κ2) is 8.52. The van der Waals surface area contributed by atoms with Gasteiger partial charge in [0.2, 0.25) is 0 Å². The van der Waals surface area contributed by atoms with Crippen molar-refractivity contribution >= 4 is 12.0 Å². The summed E-state index contributed by atoms with van der Waals surface area (Å²) in [5.74, 6) is -0.884. The molecule has 2 rings (SSSR count). The maximum atomic E-state index is 12.3. The number of ether oxygens (including phenoxy) is 1. The molecule has 0 radical (unpaired) electrons. The number of carbonyl (C=O) groups is 2. The molecule has 2 heterocycles. The van der Waals surface area contributed by atoms with Crippen LogP contribution in [0.15, 0.2) is 0 Å². The number of aliphatic carboxylic acids is 1. The molecule has 0 unspecified atom stereocenters. The number of carbonyl (C=O) groups excluding carboxylic acids is 1. The first-order valence-corrected chi connectivity index (χ1v) is 8.94. The Balaban J connectivity index is 1.73. The summed E-state index contributed by atoms with van der Waals surface area (Å²) in [6, 6.07) is -0.131. The molecular formula is C17H30N2O4. The van der Waals surface area contributed by atoms with Crippen LogP contribution in [0.3, 0.4) is 0 Å². The molecule has 2 aliphatic heterocycles. The van der Waals surface area contributed by atoms with Gasteiger partial charge in [0.25, 0.3) is 0 Å². The van der Waals surface area contributed by atoms with E-state index in [9.17, 15) is 14.7 Å². The Bertz CT molecular complexity index is 415. The van der Waals surface area contributed by atoms with Crippen molar-refractivity contribution in [2.24, 2.45) is 11.3 Å². The van der Waals surface area contributed by atoms with Crippen LogP contribution in [0, 0.1) is 11.3 Å². The van der Waals surface area contributed by atoms with Gasteiger partial charge in [0.05, 0.1) is 12.0 Å². The lowest BCUT2D eigenvalue weighted by molar-refractivity contribution is -0.157. The molecule has 6 heteroatoms. The van der Waals surface area contributed by atoms with E-state index in [4.69, 9.17) is 4.74 Å². The number of hydrogen-bond donors (Lipinski definition) is 2. The van der Waals surface area contributed by atoms with Crippen LogP contribution < -0.4 is 5.32 Å². The van der Waals surface area contributed by atoms with Crippen molar-refractivity contribution in [3.63, 3.8) is 0 Å². The summed E-state index contributed by atoms with van der Waals surface area (Å²) in [5.41, 5.74) is -0.810. The van der Waals surface area contributed by atoms with E-state index in [1.807, 2.05) is 0 Å². The Kier molecular flexibility index (Phi) is 6.69. The number of fused-ring (bicyclic) bond motifs is 1. The zero-order valence-electron chi connectivity index (χ0n) is 14.2. The van der Waals surface area contributed by atoms with Crippen molar-refractivity contribution in [1.29, 1.82) is 0 Å². The third kappa shape index (κ3) is 4.37. The van der Waals surface area contributed by atoms with Crippen molar-refractivity contribution in [3.05, 3.63) is 0 Å². The Morgan fingerprint density at radius 2 is 2.00 bits per heavy atom. The SMILES string of the molecule is CCCCCCCCNC(=O)N1C[C@@H]2COCC[C@]2(C(=O)O)C1. The maximum Gasteiger partial charge on any atom is 0.317 e. The molecule has 0 spiro atoms. The molecule has 2 fully saturated rings. The van der Waals surface area contributed by atoms with E-state index in [1.54, 1.807) is 4.90 Å². The van der Waals surface area contributed by atoms with E-state index in [1.165, 1.54) is 25.7 Å². The zero-order valence-corrected chi connectivity index (χ0v) is 14.2. The van der Waals surface area contributed by atoms with Crippen LogP contribution in [0.5, 0.6) is 0 Å². The zero-order chi connectivity index (χ0) is 16.7. The number of nitrogens with one attached hydrogen (secondary N) is 1. The summed E-state index contributed by atoms with van der Waals surface area (Å²) in [6.07, 6.45) is 7.61. The van der Waals surface area contributed by atoms with Crippen LogP contribution in [-0.2, 0) is 9.53 Å². The van der Waals surface area contributed by atoms with Gasteiger partial charge < -0.3 is 20.1 Å². The van der Waals surface area contributed by atoms with Gasteiger partial charge >= 0.3 is 12.0 Å². The Labute approximate surface area is 138 Å². The van der Waals surface area contributed by atoms with Gasteiger partial charge in [0.1, 0.15) is 0 Å². The second-order valence-corrected chi connectivity index (χ2v) is 6.86. The van der Waals surface area contributed by atoms with E-state index in [2.05, 4.69) is 12.2 Å². The number of likely N-dealkylation sites (tertiary alicyclic amines) is 1. The number of hydrogen-bond acceptors (Lipinski definition) is 3. The van der Waals surface area contributed by atoms with E-state index >= 15 is 0 Å². The van der Waals surface area contributed by atoms with Crippen LogP contribution in [0.2, 0.25) is 0 Å². The molecule has 2 aliphatic rings. The summed E-state index contributed by atoms with van der Waals surface area (Å²) < 4.78 is 5.41. The van der Waals surface area contributed by atoms with Gasteiger partial charge in [0.15, 0.2) is 0 Å². The standard InChI is InChI=1S/C17H30N2O4/c1-2-3-4-5-6-7-9-18-16(22)19-11-14-12-23-10-8-17(14,13-19)15(20)21/h14H,2-13H2,1H3,(H,18,22)(H,20,21)/t14-,17+/m1/s1. The summed E-state index contributed by atoms with van der Waals surface area (Å²) in [7, 11) is 0. The molecule has 6 nitrogen and oxygen atoms in total. The van der Waals surface area contributed by atoms with Crippen molar-refractivity contribution in [2.75, 3.05) is 32.8 Å². The molecular weight excluding hydrogens is 296 g/mol. The smallest absolute Gasteiger partial charge is 0.317 e. The third-order valence-corrected chi connectivity index (χ3v) is 5.23. The second-order valence-electron chi connectivity index (χ2n) is 6.86. The molecule has 0 aliphatic carbocycles. The van der Waals surface area contributed by atoms with E-state index in [-0.39, 0.29) is 11.9 Å². The predicted octanol–water partition coefficient (Wildman–Crippen LogP) is 2.48. The van der Waals surface area contributed by atoms with E-state index in [0.29, 0.717) is 39.3 Å². The normalized spacial score (nSPS) is 26.8. The third-order valence-electron chi connectivity index (χ3n) is 5.23. The lowest BCUT2D eigenvalue weighted by Crippen LogP contribution is -2.45. The summed E-state index contributed by atoms with van der Waals surface area (Å²) in [6.45, 7) is 4.56. The summed E-state index contributed by atoms with van der Waals surface area (Å²) in [5, 5.41) is 12.5. The predicted molar refractivity (Wildman–Crippen MR) is 87.3 cm³/mol. The summed E-state index contributed by atoms with van der Waals surface area (Å²) in [4.78, 5) is 25.6. The number of amides is 2. The average molecular weight is 326 g/mol. The fourth-order valence-electron chi connectivity index (χ4n) is 3.67. The number of unbranched alkanes of at least 4 members (excludes halogenated alkanes) is 5. The first-order valence-electron chi connectivity index (χ1n) is 8.94. The molecule has 2 atom stereocenters. The van der Waals surface area contributed by atoms with Crippen molar-refractivity contribution < 1.29 is 19.4 Å². The fraction of sp³-hybridized carbons (Fsp3) is 0.882. The molecule has 0 aromatic heterocycles. The van der Waals surface area contributed by atoms with Gasteiger partial charge in [-0.2, -0.15) is 0 Å². The van der Waals surface area contributed by atoms with Crippen molar-refractivity contribution in [1.82, 2.24) is 10.2 Å². The largest absolute Gasteiger partial charge is 0.481 e. The molecule has 0 saturated carbocycles. The number of carboxylic acids is 1. The van der Waals surface area contributed by atoms with Crippen LogP contribution in [0.25, 0.3) is 0 Å². The first-order chi connectivity index (χ1) is 11.1. The maximum absolute atomic E-state index is 12.3. The Hall–Kier alpha value is -1.30. The highest BCUT2D eigenvalue weighted by Gasteiger charge is 2.54. The van der Waals surface area contributed by atoms with Crippen molar-refractivity contribution in [3.8, 4) is 0 Å². The van der Waals surface area contributed by atoms with Gasteiger partial charge in [-0.3, -0.25) is 4.79 Å². The highest BCUT2D eigenvalue weighted by Crippen LogP contribution is 2.42. The number of rotatable bonds is 8. The number of carboxylic acid groups (broad SMARTS) is 1. The van der Waals surface area contributed by atoms with Crippen LogP contribution in [0.1, 0.15) is 51.9 Å². The molecule has 132 valence electrons. The van der Waals surface area contributed by atoms with Crippen molar-refractivity contribution in [2.45, 2.75) is 51.9 Å². The van der Waals surface area contributed by atoms with Gasteiger partial charge in [-0.05, 0) is 12.8 Å². The molecule has 2 N–H and O–H groups in total. The van der Waals surface area contributed by atoms with Gasteiger partial charge in [-0.15, -0.1) is 0 Å². The quantitative estimate of drug-likeness (QED) is 0.672. The highest BCUT2D eigenvalue weighted by molar-refractivity contribution is 5.80. The molecule has 0 aromatic rings. The first kappa shape index (κ1) is 18.0. The van der Waals surface area contributed by atoms with Gasteiger partial charge in [-0.1, -0.05) is 39.0 Å². The minimum Gasteiger partial charge on any atom is -0.481 e. The fourth-order valence-corrected chi connectivity index (χ4v) is 3.67. The average Bonchev–Trinajstić information content (AvgIpc) is 2.95. The minimum atomic E-state index is -0.810. The molecule has 0 aromatic carbocycles. The van der Waals surface area contributed by atoms with Crippen LogP contribution in [-0.4, -0.2) is 54.9 Å². The molecule has 2 saturated heterocycles. The lowest BCUT2D eigenvalue weighted by Gasteiger charge is -2.33. The minimum absolute atomic E-state index is 0.0893. The molecule has 0 bridgehead atoms. The van der Waals surface area contributed by atoms with E-state index < -0.39 is 11.4 Å². The Morgan fingerprint density at radius 1 is 1.26 bits per heavy atom. The topological polar surface area (TPSA) is 78.9 Å². The summed E-state index contributed by atoms with van der Waals surface area (Å²) >= 11 is 0. The van der Waals surface area contributed by atoms with Gasteiger partial charge in [0, 0.05) is 32.2 Å².